The van der Waals surface area contributed by atoms with Crippen molar-refractivity contribution in [2.75, 3.05) is 36.9 Å². The zero-order chi connectivity index (χ0) is 15.4. The summed E-state index contributed by atoms with van der Waals surface area (Å²) in [6.45, 7) is 9.71. The largest absolute Gasteiger partial charge is 0.382 e. The summed E-state index contributed by atoms with van der Waals surface area (Å²) >= 11 is 0. The Hall–Kier alpha value is -1.29. The van der Waals surface area contributed by atoms with Gasteiger partial charge >= 0.3 is 0 Å². The van der Waals surface area contributed by atoms with Crippen LogP contribution in [0.1, 0.15) is 33.6 Å². The Labute approximate surface area is 128 Å². The van der Waals surface area contributed by atoms with E-state index in [-0.39, 0.29) is 11.9 Å². The fraction of sp³-hybridized carbons (Fsp3) is 0.647. The molecule has 3 nitrogen and oxygen atoms in total. The maximum absolute atomic E-state index is 14.2. The van der Waals surface area contributed by atoms with Gasteiger partial charge in [-0.25, -0.2) is 4.39 Å². The number of hydrogen-bond donors (Lipinski definition) is 1. The van der Waals surface area contributed by atoms with Gasteiger partial charge in [0.2, 0.25) is 0 Å². The Morgan fingerprint density at radius 3 is 2.52 bits per heavy atom. The number of likely N-dealkylation sites (tertiary alicyclic amines) is 1. The summed E-state index contributed by atoms with van der Waals surface area (Å²) < 4.78 is 14.2. The van der Waals surface area contributed by atoms with Gasteiger partial charge in [0.05, 0.1) is 5.69 Å². The van der Waals surface area contributed by atoms with E-state index < -0.39 is 0 Å². The lowest BCUT2D eigenvalue weighted by molar-refractivity contribution is 0.229. The molecule has 1 saturated heterocycles. The van der Waals surface area contributed by atoms with Crippen LogP contribution in [0.15, 0.2) is 18.2 Å². The first-order valence-corrected chi connectivity index (χ1v) is 8.02. The zero-order valence-corrected chi connectivity index (χ0v) is 13.7. The van der Waals surface area contributed by atoms with Gasteiger partial charge in [-0.05, 0) is 51.4 Å². The quantitative estimate of drug-likeness (QED) is 0.895. The smallest absolute Gasteiger partial charge is 0.148 e. The van der Waals surface area contributed by atoms with Crippen molar-refractivity contribution in [3.8, 4) is 0 Å². The minimum absolute atomic E-state index is 0.151. The molecule has 1 aromatic rings. The molecule has 0 saturated carbocycles. The molecule has 0 bridgehead atoms. The second-order valence-corrected chi connectivity index (χ2v) is 6.22. The van der Waals surface area contributed by atoms with E-state index in [1.165, 1.54) is 0 Å². The van der Waals surface area contributed by atoms with Crippen molar-refractivity contribution in [3.63, 3.8) is 0 Å². The Bertz CT molecular complexity index is 453. The molecule has 4 heteroatoms. The molecule has 1 fully saturated rings. The van der Waals surface area contributed by atoms with E-state index in [2.05, 4.69) is 31.0 Å². The molecule has 1 aliphatic heterocycles. The molecule has 0 amide bonds. The van der Waals surface area contributed by atoms with Gasteiger partial charge in [-0.15, -0.1) is 0 Å². The summed E-state index contributed by atoms with van der Waals surface area (Å²) in [7, 11) is 1.93. The van der Waals surface area contributed by atoms with E-state index in [4.69, 9.17) is 0 Å². The van der Waals surface area contributed by atoms with Crippen LogP contribution in [0.2, 0.25) is 0 Å². The summed E-state index contributed by atoms with van der Waals surface area (Å²) in [5.41, 5.74) is 1.56. The summed E-state index contributed by atoms with van der Waals surface area (Å²) in [5.74, 6) is -0.151. The van der Waals surface area contributed by atoms with Crippen LogP contribution in [0.5, 0.6) is 0 Å². The van der Waals surface area contributed by atoms with Crippen LogP contribution in [0.25, 0.3) is 0 Å². The maximum Gasteiger partial charge on any atom is 0.148 e. The second-order valence-electron chi connectivity index (χ2n) is 6.22. The van der Waals surface area contributed by atoms with Crippen molar-refractivity contribution in [1.29, 1.82) is 0 Å². The fourth-order valence-corrected chi connectivity index (χ4v) is 2.79. The molecule has 1 N–H and O–H groups in total. The standard InChI is InChI=1S/C17H28FN3/c1-5-21-10-8-14(9-11-21)19-15-6-7-17(16(18)12-15)20(4)13(2)3/h6-7,12-14,19H,5,8-11H2,1-4H3. The van der Waals surface area contributed by atoms with Gasteiger partial charge in [-0.1, -0.05) is 6.92 Å². The zero-order valence-electron chi connectivity index (χ0n) is 13.7. The van der Waals surface area contributed by atoms with Crippen LogP contribution in [-0.4, -0.2) is 43.7 Å². The van der Waals surface area contributed by atoms with Gasteiger partial charge in [-0.2, -0.15) is 0 Å². The summed E-state index contributed by atoms with van der Waals surface area (Å²) in [6.07, 6.45) is 2.26. The van der Waals surface area contributed by atoms with Crippen molar-refractivity contribution >= 4 is 11.4 Å². The molecular weight excluding hydrogens is 265 g/mol. The van der Waals surface area contributed by atoms with E-state index in [1.807, 2.05) is 24.1 Å². The van der Waals surface area contributed by atoms with Crippen molar-refractivity contribution in [3.05, 3.63) is 24.0 Å². The number of benzene rings is 1. The maximum atomic E-state index is 14.2. The first-order chi connectivity index (χ1) is 10.0. The predicted molar refractivity (Wildman–Crippen MR) is 88.7 cm³/mol. The Kier molecular flexibility index (Phi) is 5.45. The topological polar surface area (TPSA) is 18.5 Å². The first-order valence-electron chi connectivity index (χ1n) is 8.02. The van der Waals surface area contributed by atoms with Crippen molar-refractivity contribution in [2.24, 2.45) is 0 Å². The van der Waals surface area contributed by atoms with Crippen molar-refractivity contribution in [1.82, 2.24) is 4.90 Å². The van der Waals surface area contributed by atoms with Crippen LogP contribution in [-0.2, 0) is 0 Å². The number of hydrogen-bond acceptors (Lipinski definition) is 3. The Morgan fingerprint density at radius 1 is 1.33 bits per heavy atom. The van der Waals surface area contributed by atoms with Gasteiger partial charge in [0.1, 0.15) is 5.82 Å². The third-order valence-electron chi connectivity index (χ3n) is 4.51. The highest BCUT2D eigenvalue weighted by Crippen LogP contribution is 2.25. The third kappa shape index (κ3) is 4.10. The van der Waals surface area contributed by atoms with Gasteiger partial charge in [0.15, 0.2) is 0 Å². The highest BCUT2D eigenvalue weighted by atomic mass is 19.1. The third-order valence-corrected chi connectivity index (χ3v) is 4.51. The Balaban J connectivity index is 1.98. The normalized spacial score (nSPS) is 17.2. The van der Waals surface area contributed by atoms with Crippen LogP contribution < -0.4 is 10.2 Å². The molecule has 0 aromatic heterocycles. The van der Waals surface area contributed by atoms with E-state index in [9.17, 15) is 4.39 Å². The summed E-state index contributed by atoms with van der Waals surface area (Å²) in [6, 6.07) is 6.24. The van der Waals surface area contributed by atoms with Gasteiger partial charge in [0, 0.05) is 37.9 Å². The number of halogens is 1. The lowest BCUT2D eigenvalue weighted by atomic mass is 10.0. The molecule has 0 spiro atoms. The van der Waals surface area contributed by atoms with E-state index in [0.29, 0.717) is 11.7 Å². The number of piperidine rings is 1. The lowest BCUT2D eigenvalue weighted by Crippen LogP contribution is -2.38. The minimum atomic E-state index is -0.151. The van der Waals surface area contributed by atoms with E-state index in [0.717, 1.165) is 38.2 Å². The fourth-order valence-electron chi connectivity index (χ4n) is 2.79. The van der Waals surface area contributed by atoms with Crippen LogP contribution in [0.4, 0.5) is 15.8 Å². The summed E-state index contributed by atoms with van der Waals surface area (Å²) in [4.78, 5) is 4.41. The van der Waals surface area contributed by atoms with Gasteiger partial charge in [-0.3, -0.25) is 0 Å². The molecule has 1 aromatic carbocycles. The number of anilines is 2. The highest BCUT2D eigenvalue weighted by molar-refractivity contribution is 5.56. The number of nitrogens with zero attached hydrogens (tertiary/aromatic N) is 2. The van der Waals surface area contributed by atoms with Gasteiger partial charge in [0.25, 0.3) is 0 Å². The molecular formula is C17H28FN3. The molecule has 0 radical (unpaired) electrons. The SMILES string of the molecule is CCN1CCC(Nc2ccc(N(C)C(C)C)c(F)c2)CC1. The lowest BCUT2D eigenvalue weighted by Gasteiger charge is -2.32. The minimum Gasteiger partial charge on any atom is -0.382 e. The van der Waals surface area contributed by atoms with Crippen LogP contribution in [0, 0.1) is 5.82 Å². The molecule has 0 aliphatic carbocycles. The second kappa shape index (κ2) is 7.12. The predicted octanol–water partition coefficient (Wildman–Crippen LogP) is 3.57. The average molecular weight is 293 g/mol. The van der Waals surface area contributed by atoms with Crippen molar-refractivity contribution in [2.45, 2.75) is 45.7 Å². The highest BCUT2D eigenvalue weighted by Gasteiger charge is 2.18. The van der Waals surface area contributed by atoms with E-state index >= 15 is 0 Å². The monoisotopic (exact) mass is 293 g/mol. The molecule has 0 atom stereocenters. The molecule has 2 rings (SSSR count). The Morgan fingerprint density at radius 2 is 2.00 bits per heavy atom. The molecule has 21 heavy (non-hydrogen) atoms. The molecule has 1 aliphatic rings. The van der Waals surface area contributed by atoms with Crippen LogP contribution >= 0.6 is 0 Å². The van der Waals surface area contributed by atoms with E-state index in [1.54, 1.807) is 6.07 Å². The molecule has 118 valence electrons. The van der Waals surface area contributed by atoms with Crippen molar-refractivity contribution < 1.29 is 4.39 Å². The average Bonchev–Trinajstić information content (AvgIpc) is 2.47. The van der Waals surface area contributed by atoms with Gasteiger partial charge < -0.3 is 15.1 Å². The number of nitrogens with one attached hydrogen (secondary N) is 1. The van der Waals surface area contributed by atoms with Crippen LogP contribution in [0.3, 0.4) is 0 Å². The molecule has 0 unspecified atom stereocenters. The molecule has 1 heterocycles. The number of rotatable bonds is 5. The summed E-state index contributed by atoms with van der Waals surface area (Å²) in [5, 5.41) is 3.48. The first kappa shape index (κ1) is 16.1.